The average molecular weight is 268 g/mol. The third kappa shape index (κ3) is 4.18. The van der Waals surface area contributed by atoms with Gasteiger partial charge < -0.3 is 10.6 Å². The summed E-state index contributed by atoms with van der Waals surface area (Å²) in [6.07, 6.45) is 3.47. The number of nitrogens with zero attached hydrogens (tertiary/aromatic N) is 2. The van der Waals surface area contributed by atoms with Crippen LogP contribution in [0.25, 0.3) is 0 Å². The molecule has 6 heteroatoms. The number of hydrogen-bond donors (Lipinski definition) is 2. The summed E-state index contributed by atoms with van der Waals surface area (Å²) in [5.41, 5.74) is 1.09. The molecule has 2 N–H and O–H groups in total. The monoisotopic (exact) mass is 268 g/mol. The van der Waals surface area contributed by atoms with Crippen LogP contribution in [0.3, 0.4) is 0 Å². The fraction of sp³-hybridized carbons (Fsp3) is 0.583. The van der Waals surface area contributed by atoms with Gasteiger partial charge in [-0.1, -0.05) is 25.1 Å². The van der Waals surface area contributed by atoms with Crippen molar-refractivity contribution in [3.8, 4) is 0 Å². The van der Waals surface area contributed by atoms with Gasteiger partial charge in [0.15, 0.2) is 0 Å². The Labute approximate surface area is 112 Å². The minimum atomic E-state index is 0.0366. The molecule has 100 valence electrons. The molecule has 0 saturated heterocycles. The second-order valence-electron chi connectivity index (χ2n) is 3.75. The zero-order valence-electron chi connectivity index (χ0n) is 11.1. The lowest BCUT2D eigenvalue weighted by molar-refractivity contribution is -0.118. The molecule has 5 nitrogen and oxygen atoms in total. The first-order chi connectivity index (χ1) is 8.72. The zero-order chi connectivity index (χ0) is 13.4. The van der Waals surface area contributed by atoms with E-state index in [-0.39, 0.29) is 5.91 Å². The molecule has 1 aromatic heterocycles. The summed E-state index contributed by atoms with van der Waals surface area (Å²) in [7, 11) is 1.85. The highest BCUT2D eigenvalue weighted by Gasteiger charge is 2.11. The zero-order valence-corrected chi connectivity index (χ0v) is 11.9. The Balaban J connectivity index is 2.77. The van der Waals surface area contributed by atoms with Crippen LogP contribution < -0.4 is 10.6 Å². The minimum absolute atomic E-state index is 0.0366. The molecule has 1 heterocycles. The molecule has 1 rings (SSSR count). The quantitative estimate of drug-likeness (QED) is 0.582. The lowest BCUT2D eigenvalue weighted by Crippen LogP contribution is -2.24. The maximum absolute atomic E-state index is 11.4. The van der Waals surface area contributed by atoms with Gasteiger partial charge in [0, 0.05) is 19.2 Å². The predicted molar refractivity (Wildman–Crippen MR) is 75.0 cm³/mol. The van der Waals surface area contributed by atoms with E-state index in [4.69, 9.17) is 0 Å². The van der Waals surface area contributed by atoms with Crippen LogP contribution in [0.2, 0.25) is 0 Å². The lowest BCUT2D eigenvalue weighted by Gasteiger charge is -2.11. The molecule has 0 aliphatic carbocycles. The molecular formula is C12H20N4OS. The number of nitrogens with one attached hydrogen (secondary N) is 2. The van der Waals surface area contributed by atoms with Crippen LogP contribution in [0.1, 0.15) is 25.8 Å². The Hall–Kier alpha value is -1.30. The Morgan fingerprint density at radius 2 is 2.17 bits per heavy atom. The molecule has 1 aromatic rings. The summed E-state index contributed by atoms with van der Waals surface area (Å²) in [5, 5.41) is 6.74. The molecule has 0 fully saturated rings. The third-order valence-corrected chi connectivity index (χ3v) is 3.39. The first-order valence-electron chi connectivity index (χ1n) is 6.14. The number of rotatable bonds is 7. The Morgan fingerprint density at radius 3 is 2.78 bits per heavy atom. The summed E-state index contributed by atoms with van der Waals surface area (Å²) >= 11 is 1.46. The Kier molecular flexibility index (Phi) is 6.49. The molecule has 0 atom stereocenters. The molecule has 0 saturated carbocycles. The largest absolute Gasteiger partial charge is 0.373 e. The van der Waals surface area contributed by atoms with Gasteiger partial charge in [-0.2, -0.15) is 0 Å². The van der Waals surface area contributed by atoms with Crippen LogP contribution in [0.4, 0.5) is 5.82 Å². The highest BCUT2D eigenvalue weighted by atomic mass is 32.2. The van der Waals surface area contributed by atoms with Crippen molar-refractivity contribution in [2.45, 2.75) is 31.7 Å². The van der Waals surface area contributed by atoms with Crippen molar-refractivity contribution in [1.29, 1.82) is 0 Å². The standard InChI is InChI=1S/C12H20N4OS/c1-4-6-9-11(13-3)15-8-16-12(9)18-7-10(17)14-5-2/h8H,4-7H2,1-3H3,(H,14,17)(H,13,15,16). The first kappa shape index (κ1) is 14.8. The normalized spacial score (nSPS) is 10.2. The molecule has 0 aliphatic rings. The molecule has 0 aromatic carbocycles. The van der Waals surface area contributed by atoms with E-state index in [2.05, 4.69) is 27.5 Å². The molecular weight excluding hydrogens is 248 g/mol. The van der Waals surface area contributed by atoms with Crippen LogP contribution >= 0.6 is 11.8 Å². The number of aromatic nitrogens is 2. The number of amides is 1. The maximum atomic E-state index is 11.4. The van der Waals surface area contributed by atoms with Crippen LogP contribution in [-0.2, 0) is 11.2 Å². The summed E-state index contributed by atoms with van der Waals surface area (Å²) in [6, 6.07) is 0. The number of anilines is 1. The van der Waals surface area contributed by atoms with Crippen molar-refractivity contribution >= 4 is 23.5 Å². The van der Waals surface area contributed by atoms with Gasteiger partial charge in [-0.3, -0.25) is 4.79 Å². The van der Waals surface area contributed by atoms with Crippen molar-refractivity contribution in [3.05, 3.63) is 11.9 Å². The average Bonchev–Trinajstić information content (AvgIpc) is 2.38. The van der Waals surface area contributed by atoms with Gasteiger partial charge in [-0.05, 0) is 13.3 Å². The molecule has 0 bridgehead atoms. The van der Waals surface area contributed by atoms with Gasteiger partial charge in [0.05, 0.1) is 5.75 Å². The first-order valence-corrected chi connectivity index (χ1v) is 7.12. The second-order valence-corrected chi connectivity index (χ2v) is 4.71. The van der Waals surface area contributed by atoms with E-state index in [1.807, 2.05) is 14.0 Å². The summed E-state index contributed by atoms with van der Waals surface area (Å²) < 4.78 is 0. The van der Waals surface area contributed by atoms with E-state index in [0.29, 0.717) is 12.3 Å². The van der Waals surface area contributed by atoms with Crippen LogP contribution in [0, 0.1) is 0 Å². The number of carbonyl (C=O) groups excluding carboxylic acids is 1. The number of carbonyl (C=O) groups is 1. The smallest absolute Gasteiger partial charge is 0.230 e. The van der Waals surface area contributed by atoms with E-state index in [1.165, 1.54) is 18.1 Å². The highest BCUT2D eigenvalue weighted by Crippen LogP contribution is 2.25. The Bertz CT molecular complexity index is 398. The molecule has 18 heavy (non-hydrogen) atoms. The van der Waals surface area contributed by atoms with Gasteiger partial charge in [-0.25, -0.2) is 9.97 Å². The topological polar surface area (TPSA) is 66.9 Å². The molecule has 0 spiro atoms. The van der Waals surface area contributed by atoms with Crippen molar-refractivity contribution in [3.63, 3.8) is 0 Å². The summed E-state index contributed by atoms with van der Waals surface area (Å²) in [4.78, 5) is 19.9. The van der Waals surface area contributed by atoms with E-state index < -0.39 is 0 Å². The van der Waals surface area contributed by atoms with Crippen molar-refractivity contribution in [1.82, 2.24) is 15.3 Å². The minimum Gasteiger partial charge on any atom is -0.373 e. The predicted octanol–water partition coefficient (Wildman–Crippen LogP) is 1.70. The molecule has 0 aliphatic heterocycles. The van der Waals surface area contributed by atoms with Gasteiger partial charge in [-0.15, -0.1) is 0 Å². The number of hydrogen-bond acceptors (Lipinski definition) is 5. The Morgan fingerprint density at radius 1 is 1.39 bits per heavy atom. The fourth-order valence-corrected chi connectivity index (χ4v) is 2.46. The number of thioether (sulfide) groups is 1. The second kappa shape index (κ2) is 7.92. The van der Waals surface area contributed by atoms with E-state index in [1.54, 1.807) is 0 Å². The van der Waals surface area contributed by atoms with Crippen molar-refractivity contribution in [2.75, 3.05) is 24.7 Å². The molecule has 0 unspecified atom stereocenters. The van der Waals surface area contributed by atoms with Crippen LogP contribution in [0.5, 0.6) is 0 Å². The summed E-state index contributed by atoms with van der Waals surface area (Å²) in [6.45, 7) is 4.69. The van der Waals surface area contributed by atoms with Gasteiger partial charge in [0.25, 0.3) is 0 Å². The SMILES string of the molecule is CCCc1c(NC)ncnc1SCC(=O)NCC. The van der Waals surface area contributed by atoms with E-state index in [9.17, 15) is 4.79 Å². The van der Waals surface area contributed by atoms with Gasteiger partial charge in [0.2, 0.25) is 5.91 Å². The van der Waals surface area contributed by atoms with Crippen LogP contribution in [-0.4, -0.2) is 35.2 Å². The molecule has 1 amide bonds. The highest BCUT2D eigenvalue weighted by molar-refractivity contribution is 7.99. The van der Waals surface area contributed by atoms with E-state index >= 15 is 0 Å². The van der Waals surface area contributed by atoms with Crippen LogP contribution in [0.15, 0.2) is 11.4 Å². The van der Waals surface area contributed by atoms with E-state index in [0.717, 1.165) is 29.2 Å². The fourth-order valence-electron chi connectivity index (χ4n) is 1.59. The van der Waals surface area contributed by atoms with Gasteiger partial charge in [0.1, 0.15) is 17.2 Å². The van der Waals surface area contributed by atoms with Gasteiger partial charge >= 0.3 is 0 Å². The van der Waals surface area contributed by atoms with Crippen molar-refractivity contribution in [2.24, 2.45) is 0 Å². The summed E-state index contributed by atoms with van der Waals surface area (Å²) in [5.74, 6) is 1.28. The van der Waals surface area contributed by atoms with Crippen molar-refractivity contribution < 1.29 is 4.79 Å². The third-order valence-electron chi connectivity index (χ3n) is 2.36. The lowest BCUT2D eigenvalue weighted by atomic mass is 10.2. The maximum Gasteiger partial charge on any atom is 0.230 e. The molecule has 0 radical (unpaired) electrons.